The molecule has 0 bridgehead atoms. The monoisotopic (exact) mass is 396 g/mol. The summed E-state index contributed by atoms with van der Waals surface area (Å²) in [5.41, 5.74) is 0.873. The Labute approximate surface area is 147 Å². The van der Waals surface area contributed by atoms with E-state index in [4.69, 9.17) is 5.11 Å². The van der Waals surface area contributed by atoms with Crippen molar-refractivity contribution < 1.29 is 24.3 Å². The van der Waals surface area contributed by atoms with E-state index in [9.17, 15) is 19.2 Å². The quantitative estimate of drug-likeness (QED) is 0.716. The maximum atomic E-state index is 12.5. The topological polar surface area (TPSA) is 104 Å². The lowest BCUT2D eigenvalue weighted by molar-refractivity contribution is -0.155. The predicted octanol–water partition coefficient (Wildman–Crippen LogP) is 0.813. The van der Waals surface area contributed by atoms with Gasteiger partial charge in [0.05, 0.1) is 0 Å². The van der Waals surface area contributed by atoms with Crippen LogP contribution in [0.1, 0.15) is 12.5 Å². The second-order valence-corrected chi connectivity index (χ2v) is 6.61. The van der Waals surface area contributed by atoms with Gasteiger partial charge in [0.1, 0.15) is 6.54 Å². The summed E-state index contributed by atoms with van der Waals surface area (Å²) >= 11 is 3.33. The summed E-state index contributed by atoms with van der Waals surface area (Å²) in [7, 11) is 0. The van der Waals surface area contributed by atoms with Gasteiger partial charge in [-0.3, -0.25) is 19.2 Å². The molecular weight excluding hydrogens is 380 g/mol. The van der Waals surface area contributed by atoms with Crippen molar-refractivity contribution in [2.45, 2.75) is 13.5 Å². The van der Waals surface area contributed by atoms with Gasteiger partial charge in [0.25, 0.3) is 0 Å². The number of rotatable bonds is 5. The fourth-order valence-electron chi connectivity index (χ4n) is 2.56. The molecule has 1 heterocycles. The maximum absolute atomic E-state index is 12.5. The molecule has 0 radical (unpaired) electrons. The lowest BCUT2D eigenvalue weighted by Gasteiger charge is -2.34. The lowest BCUT2D eigenvalue weighted by Crippen LogP contribution is -2.55. The van der Waals surface area contributed by atoms with Gasteiger partial charge in [-0.2, -0.15) is 0 Å². The molecule has 2 rings (SSSR count). The van der Waals surface area contributed by atoms with E-state index < -0.39 is 41.9 Å². The van der Waals surface area contributed by atoms with Crippen LogP contribution in [0.25, 0.3) is 0 Å². The van der Waals surface area contributed by atoms with Gasteiger partial charge in [-0.15, -0.1) is 0 Å². The van der Waals surface area contributed by atoms with E-state index in [2.05, 4.69) is 21.2 Å². The first kappa shape index (κ1) is 18.1. The number of hydrogen-bond acceptors (Lipinski definition) is 4. The van der Waals surface area contributed by atoms with Gasteiger partial charge < -0.3 is 15.3 Å². The Bertz CT molecular complexity index is 674. The molecule has 128 valence electrons. The highest BCUT2D eigenvalue weighted by atomic mass is 79.9. The molecule has 1 fully saturated rings. The molecule has 24 heavy (non-hydrogen) atoms. The Balaban J connectivity index is 2.14. The van der Waals surface area contributed by atoms with E-state index in [-0.39, 0.29) is 13.1 Å². The molecule has 8 heteroatoms. The van der Waals surface area contributed by atoms with E-state index >= 15 is 0 Å². The van der Waals surface area contributed by atoms with Crippen molar-refractivity contribution in [3.8, 4) is 0 Å². The smallest absolute Gasteiger partial charge is 0.322 e. The number of halogens is 1. The van der Waals surface area contributed by atoms with Crippen LogP contribution in [0.4, 0.5) is 0 Å². The van der Waals surface area contributed by atoms with Crippen LogP contribution >= 0.6 is 15.9 Å². The number of carbonyl (C=O) groups excluding carboxylic acids is 3. The van der Waals surface area contributed by atoms with Gasteiger partial charge in [-0.05, 0) is 17.7 Å². The first-order chi connectivity index (χ1) is 11.3. The zero-order valence-electron chi connectivity index (χ0n) is 13.0. The zero-order chi connectivity index (χ0) is 17.9. The van der Waals surface area contributed by atoms with Gasteiger partial charge in [0, 0.05) is 23.5 Å². The molecule has 2 amide bonds. The lowest BCUT2D eigenvalue weighted by atomic mass is 9.87. The van der Waals surface area contributed by atoms with Crippen molar-refractivity contribution in [3.05, 3.63) is 34.3 Å². The van der Waals surface area contributed by atoms with Crippen molar-refractivity contribution >= 4 is 39.5 Å². The SMILES string of the molecule is CC1CN(Cc2ccc(Br)cc2)C(=O)C(C(=O)NCC(=O)O)C1=O. The number of nitrogens with zero attached hydrogens (tertiary/aromatic N) is 1. The van der Waals surface area contributed by atoms with Gasteiger partial charge in [0.15, 0.2) is 11.7 Å². The zero-order valence-corrected chi connectivity index (χ0v) is 14.6. The molecule has 1 aliphatic rings. The van der Waals surface area contributed by atoms with Crippen molar-refractivity contribution in [1.29, 1.82) is 0 Å². The summed E-state index contributed by atoms with van der Waals surface area (Å²) in [5.74, 6) is -5.14. The fraction of sp³-hybridized carbons (Fsp3) is 0.375. The molecule has 1 saturated heterocycles. The molecule has 1 aliphatic heterocycles. The minimum Gasteiger partial charge on any atom is -0.480 e. The molecule has 0 saturated carbocycles. The number of carboxylic acid groups (broad SMARTS) is 1. The summed E-state index contributed by atoms with van der Waals surface area (Å²) < 4.78 is 0.908. The van der Waals surface area contributed by atoms with Crippen molar-refractivity contribution in [2.75, 3.05) is 13.1 Å². The summed E-state index contributed by atoms with van der Waals surface area (Å²) in [6, 6.07) is 7.38. The second kappa shape index (κ2) is 7.57. The minimum atomic E-state index is -1.48. The maximum Gasteiger partial charge on any atom is 0.322 e. The van der Waals surface area contributed by atoms with Gasteiger partial charge >= 0.3 is 5.97 Å². The van der Waals surface area contributed by atoms with Crippen LogP contribution in [0.2, 0.25) is 0 Å². The van der Waals surface area contributed by atoms with Crippen molar-refractivity contribution in [2.24, 2.45) is 11.8 Å². The first-order valence-electron chi connectivity index (χ1n) is 7.36. The Morgan fingerprint density at radius 3 is 2.50 bits per heavy atom. The number of nitrogens with one attached hydrogen (secondary N) is 1. The molecule has 2 unspecified atom stereocenters. The molecule has 0 aliphatic carbocycles. The minimum absolute atomic E-state index is 0.233. The average molecular weight is 397 g/mol. The second-order valence-electron chi connectivity index (χ2n) is 5.69. The van der Waals surface area contributed by atoms with Crippen LogP contribution in [0.3, 0.4) is 0 Å². The van der Waals surface area contributed by atoms with E-state index in [1.54, 1.807) is 6.92 Å². The molecular formula is C16H17BrN2O5. The Hall–Kier alpha value is -2.22. The van der Waals surface area contributed by atoms with Crippen molar-refractivity contribution in [1.82, 2.24) is 10.2 Å². The van der Waals surface area contributed by atoms with Gasteiger partial charge in [0.2, 0.25) is 11.8 Å². The van der Waals surface area contributed by atoms with Gasteiger partial charge in [-0.1, -0.05) is 35.0 Å². The Kier molecular flexibility index (Phi) is 5.71. The summed E-state index contributed by atoms with van der Waals surface area (Å²) in [6.07, 6.45) is 0. The van der Waals surface area contributed by atoms with Crippen LogP contribution < -0.4 is 5.32 Å². The number of likely N-dealkylation sites (tertiary alicyclic amines) is 1. The van der Waals surface area contributed by atoms with Crippen LogP contribution in [0.15, 0.2) is 28.7 Å². The summed E-state index contributed by atoms with van der Waals surface area (Å²) in [5, 5.41) is 10.7. The molecule has 0 aromatic heterocycles. The molecule has 1 aromatic rings. The first-order valence-corrected chi connectivity index (χ1v) is 8.15. The molecule has 1 aromatic carbocycles. The van der Waals surface area contributed by atoms with Gasteiger partial charge in [-0.25, -0.2) is 0 Å². The highest BCUT2D eigenvalue weighted by Gasteiger charge is 2.44. The van der Waals surface area contributed by atoms with Crippen LogP contribution in [-0.2, 0) is 25.7 Å². The summed E-state index contributed by atoms with van der Waals surface area (Å²) in [6.45, 7) is 1.54. The van der Waals surface area contributed by atoms with E-state index in [0.29, 0.717) is 0 Å². The normalized spacial score (nSPS) is 20.8. The van der Waals surface area contributed by atoms with Crippen LogP contribution in [0, 0.1) is 11.8 Å². The number of carbonyl (C=O) groups is 4. The third kappa shape index (κ3) is 4.19. The fourth-order valence-corrected chi connectivity index (χ4v) is 2.82. The van der Waals surface area contributed by atoms with Crippen molar-refractivity contribution in [3.63, 3.8) is 0 Å². The third-order valence-electron chi connectivity index (χ3n) is 3.79. The largest absolute Gasteiger partial charge is 0.480 e. The Morgan fingerprint density at radius 1 is 1.29 bits per heavy atom. The Morgan fingerprint density at radius 2 is 1.92 bits per heavy atom. The predicted molar refractivity (Wildman–Crippen MR) is 87.9 cm³/mol. The number of ketones is 1. The number of hydrogen-bond donors (Lipinski definition) is 2. The van der Waals surface area contributed by atoms with E-state index in [1.165, 1.54) is 4.90 Å². The number of benzene rings is 1. The number of amides is 2. The van der Waals surface area contributed by atoms with Crippen LogP contribution in [0.5, 0.6) is 0 Å². The third-order valence-corrected chi connectivity index (χ3v) is 4.31. The standard InChI is InChI=1S/C16H17BrN2O5/c1-9-7-19(8-10-2-4-11(17)5-3-10)16(24)13(14(9)22)15(23)18-6-12(20)21/h2-5,9,13H,6-8H2,1H3,(H,18,23)(H,20,21). The number of piperidine rings is 1. The molecule has 2 atom stereocenters. The highest BCUT2D eigenvalue weighted by molar-refractivity contribution is 9.10. The molecule has 2 N–H and O–H groups in total. The number of aliphatic carboxylic acids is 1. The summed E-state index contributed by atoms with van der Waals surface area (Å²) in [4.78, 5) is 48.8. The molecule has 7 nitrogen and oxygen atoms in total. The molecule has 0 spiro atoms. The van der Waals surface area contributed by atoms with Crippen LogP contribution in [-0.4, -0.2) is 46.7 Å². The number of carboxylic acids is 1. The van der Waals surface area contributed by atoms with E-state index in [0.717, 1.165) is 10.0 Å². The number of Topliss-reactive ketones (excluding diaryl/α,β-unsaturated/α-hetero) is 1. The average Bonchev–Trinajstić information content (AvgIpc) is 2.53. The highest BCUT2D eigenvalue weighted by Crippen LogP contribution is 2.22. The van der Waals surface area contributed by atoms with E-state index in [1.807, 2.05) is 24.3 Å².